The van der Waals surface area contributed by atoms with Gasteiger partial charge < -0.3 is 14.7 Å². The van der Waals surface area contributed by atoms with E-state index in [0.717, 1.165) is 37.9 Å². The molecule has 1 unspecified atom stereocenters. The van der Waals surface area contributed by atoms with Crippen molar-refractivity contribution in [3.63, 3.8) is 0 Å². The fourth-order valence-electron chi connectivity index (χ4n) is 3.23. The summed E-state index contributed by atoms with van der Waals surface area (Å²) in [5, 5.41) is 7.64. The highest BCUT2D eigenvalue weighted by atomic mass is 16.5. The topological polar surface area (TPSA) is 54.2 Å². The van der Waals surface area contributed by atoms with E-state index in [-0.39, 0.29) is 5.92 Å². The molecule has 5 heteroatoms. The van der Waals surface area contributed by atoms with Gasteiger partial charge in [0.15, 0.2) is 0 Å². The van der Waals surface area contributed by atoms with Crippen LogP contribution < -0.4 is 10.2 Å². The average molecular weight is 284 g/mol. The first-order valence-corrected chi connectivity index (χ1v) is 7.80. The largest absolute Gasteiger partial charge is 0.384 e. The van der Waals surface area contributed by atoms with Crippen LogP contribution in [0.5, 0.6) is 0 Å². The molecule has 1 atom stereocenters. The Labute approximate surface area is 124 Å². The normalized spacial score (nSPS) is 21.7. The molecule has 0 saturated carbocycles. The monoisotopic (exact) mass is 284 g/mol. The summed E-state index contributed by atoms with van der Waals surface area (Å²) in [5.41, 5.74) is 2.55. The van der Waals surface area contributed by atoms with Crippen molar-refractivity contribution in [2.24, 2.45) is 0 Å². The summed E-state index contributed by atoms with van der Waals surface area (Å²) in [6, 6.07) is 8.43. The maximum absolute atomic E-state index is 5.53. The van der Waals surface area contributed by atoms with Crippen molar-refractivity contribution in [3.05, 3.63) is 35.7 Å². The Morgan fingerprint density at radius 3 is 2.90 bits per heavy atom. The van der Waals surface area contributed by atoms with Gasteiger partial charge in [0.2, 0.25) is 5.89 Å². The van der Waals surface area contributed by atoms with Gasteiger partial charge in [-0.2, -0.15) is 4.98 Å². The molecule has 1 aromatic heterocycles. The lowest BCUT2D eigenvalue weighted by atomic mass is 9.94. The molecule has 4 rings (SSSR count). The van der Waals surface area contributed by atoms with Gasteiger partial charge in [-0.15, -0.1) is 0 Å². The lowest BCUT2D eigenvalue weighted by Gasteiger charge is -2.25. The number of hydrogen-bond acceptors (Lipinski definition) is 5. The van der Waals surface area contributed by atoms with E-state index in [9.17, 15) is 0 Å². The summed E-state index contributed by atoms with van der Waals surface area (Å²) in [6.07, 6.45) is 4.72. The lowest BCUT2D eigenvalue weighted by Crippen LogP contribution is -2.30. The van der Waals surface area contributed by atoms with E-state index in [0.29, 0.717) is 0 Å². The molecule has 3 heterocycles. The van der Waals surface area contributed by atoms with E-state index in [1.165, 1.54) is 30.5 Å². The molecule has 0 amide bonds. The minimum absolute atomic E-state index is 0.269. The smallest absolute Gasteiger partial charge is 0.266 e. The van der Waals surface area contributed by atoms with E-state index in [1.54, 1.807) is 0 Å². The molecule has 0 radical (unpaired) electrons. The minimum atomic E-state index is 0.269. The molecule has 0 aliphatic carbocycles. The van der Waals surface area contributed by atoms with Gasteiger partial charge in [-0.1, -0.05) is 18.2 Å². The summed E-state index contributed by atoms with van der Waals surface area (Å²) in [6.45, 7) is 2.95. The van der Waals surface area contributed by atoms with Gasteiger partial charge in [-0.3, -0.25) is 0 Å². The van der Waals surface area contributed by atoms with Crippen molar-refractivity contribution in [3.8, 4) is 0 Å². The Hall–Kier alpha value is -2.04. The van der Waals surface area contributed by atoms with E-state index < -0.39 is 0 Å². The molecule has 2 aliphatic rings. The highest BCUT2D eigenvalue weighted by molar-refractivity contribution is 5.54. The SMILES string of the molecule is c1ccc2c(c1)CC(c1nc(N3CCCCC3)no1)CN2. The predicted molar refractivity (Wildman–Crippen MR) is 81.7 cm³/mol. The van der Waals surface area contributed by atoms with E-state index >= 15 is 0 Å². The van der Waals surface area contributed by atoms with Crippen LogP contribution in [0.25, 0.3) is 0 Å². The van der Waals surface area contributed by atoms with Crippen LogP contribution >= 0.6 is 0 Å². The van der Waals surface area contributed by atoms with Crippen molar-refractivity contribution in [1.82, 2.24) is 10.1 Å². The fraction of sp³-hybridized carbons (Fsp3) is 0.500. The highest BCUT2D eigenvalue weighted by Crippen LogP contribution is 2.30. The van der Waals surface area contributed by atoms with Crippen molar-refractivity contribution in [1.29, 1.82) is 0 Å². The Balaban J connectivity index is 1.51. The van der Waals surface area contributed by atoms with E-state index in [4.69, 9.17) is 4.52 Å². The molecule has 1 fully saturated rings. The van der Waals surface area contributed by atoms with Crippen molar-refractivity contribution in [2.45, 2.75) is 31.6 Å². The number of para-hydroxylation sites is 1. The van der Waals surface area contributed by atoms with Crippen LogP contribution in [0.2, 0.25) is 0 Å². The number of aromatic nitrogens is 2. The van der Waals surface area contributed by atoms with E-state index in [1.807, 2.05) is 0 Å². The number of nitrogens with one attached hydrogen (secondary N) is 1. The lowest BCUT2D eigenvalue weighted by molar-refractivity contribution is 0.352. The van der Waals surface area contributed by atoms with Crippen LogP contribution in [0.3, 0.4) is 0 Å². The number of nitrogens with zero attached hydrogens (tertiary/aromatic N) is 3. The van der Waals surface area contributed by atoms with Crippen LogP contribution in [0.1, 0.15) is 36.6 Å². The summed E-state index contributed by atoms with van der Waals surface area (Å²) < 4.78 is 5.53. The van der Waals surface area contributed by atoms with Gasteiger partial charge in [0, 0.05) is 25.3 Å². The quantitative estimate of drug-likeness (QED) is 0.919. The zero-order valence-electron chi connectivity index (χ0n) is 12.1. The second-order valence-electron chi connectivity index (χ2n) is 5.92. The number of benzene rings is 1. The van der Waals surface area contributed by atoms with Gasteiger partial charge in [0.1, 0.15) is 0 Å². The van der Waals surface area contributed by atoms with E-state index in [2.05, 4.69) is 44.6 Å². The molecule has 1 N–H and O–H groups in total. The zero-order valence-corrected chi connectivity index (χ0v) is 12.1. The fourth-order valence-corrected chi connectivity index (χ4v) is 3.23. The third kappa shape index (κ3) is 2.48. The predicted octanol–water partition coefficient (Wildman–Crippen LogP) is 2.81. The number of fused-ring (bicyclic) bond motifs is 1. The molecule has 2 aromatic rings. The molecule has 21 heavy (non-hydrogen) atoms. The molecular formula is C16H20N4O. The molecule has 1 saturated heterocycles. The minimum Gasteiger partial charge on any atom is -0.384 e. The van der Waals surface area contributed by atoms with Crippen LogP contribution in [0.15, 0.2) is 28.8 Å². The van der Waals surface area contributed by atoms with Gasteiger partial charge in [0.25, 0.3) is 5.95 Å². The number of rotatable bonds is 2. The van der Waals surface area contributed by atoms with Gasteiger partial charge in [-0.05, 0) is 42.5 Å². The van der Waals surface area contributed by atoms with Gasteiger partial charge >= 0.3 is 0 Å². The second-order valence-corrected chi connectivity index (χ2v) is 5.92. The van der Waals surface area contributed by atoms with Crippen molar-refractivity contribution < 1.29 is 4.52 Å². The van der Waals surface area contributed by atoms with Gasteiger partial charge in [-0.25, -0.2) is 0 Å². The first kappa shape index (κ1) is 12.7. The molecule has 0 spiro atoms. The molecule has 2 aliphatic heterocycles. The third-order valence-electron chi connectivity index (χ3n) is 4.44. The summed E-state index contributed by atoms with van der Waals surface area (Å²) in [4.78, 5) is 6.88. The number of anilines is 2. The van der Waals surface area contributed by atoms with Crippen LogP contribution in [-0.4, -0.2) is 29.8 Å². The highest BCUT2D eigenvalue weighted by Gasteiger charge is 2.26. The first-order valence-electron chi connectivity index (χ1n) is 7.80. The summed E-state index contributed by atoms with van der Waals surface area (Å²) >= 11 is 0. The molecule has 5 nitrogen and oxygen atoms in total. The maximum atomic E-state index is 5.53. The average Bonchev–Trinajstić information content (AvgIpc) is 3.05. The molecular weight excluding hydrogens is 264 g/mol. The first-order chi connectivity index (χ1) is 10.4. The Morgan fingerprint density at radius 2 is 2.00 bits per heavy atom. The molecule has 1 aromatic carbocycles. The van der Waals surface area contributed by atoms with Crippen LogP contribution in [0.4, 0.5) is 11.6 Å². The summed E-state index contributed by atoms with van der Waals surface area (Å²) in [5.74, 6) is 1.80. The number of piperidine rings is 1. The van der Waals surface area contributed by atoms with Gasteiger partial charge in [0.05, 0.1) is 5.92 Å². The Kier molecular flexibility index (Phi) is 3.25. The Bertz CT molecular complexity index is 618. The second kappa shape index (κ2) is 5.39. The Morgan fingerprint density at radius 1 is 1.14 bits per heavy atom. The molecule has 110 valence electrons. The summed E-state index contributed by atoms with van der Waals surface area (Å²) in [7, 11) is 0. The van der Waals surface area contributed by atoms with Crippen LogP contribution in [0, 0.1) is 0 Å². The maximum Gasteiger partial charge on any atom is 0.266 e. The van der Waals surface area contributed by atoms with Crippen LogP contribution in [-0.2, 0) is 6.42 Å². The third-order valence-corrected chi connectivity index (χ3v) is 4.44. The van der Waals surface area contributed by atoms with Crippen molar-refractivity contribution in [2.75, 3.05) is 29.9 Å². The number of hydrogen-bond donors (Lipinski definition) is 1. The van der Waals surface area contributed by atoms with Crippen molar-refractivity contribution >= 4 is 11.6 Å². The molecule has 0 bridgehead atoms. The zero-order chi connectivity index (χ0) is 14.1. The standard InChI is InChI=1S/C16H20N4O/c1-4-8-20(9-5-1)16-18-15(21-19-16)13-10-12-6-2-3-7-14(12)17-11-13/h2-3,6-7,13,17H,1,4-5,8-11H2.